The van der Waals surface area contributed by atoms with Crippen molar-refractivity contribution in [2.24, 2.45) is 0 Å². The monoisotopic (exact) mass is 255 g/mol. The van der Waals surface area contributed by atoms with Crippen LogP contribution >= 0.6 is 0 Å². The second kappa shape index (κ2) is 5.35. The van der Waals surface area contributed by atoms with Crippen molar-refractivity contribution in [1.29, 1.82) is 0 Å². The molecule has 0 unspecified atom stereocenters. The number of carboxylic acids is 1. The van der Waals surface area contributed by atoms with Gasteiger partial charge in [-0.1, -0.05) is 30.3 Å². The van der Waals surface area contributed by atoms with Crippen LogP contribution in [0.4, 0.5) is 5.69 Å². The molecule has 0 aromatic heterocycles. The molecule has 2 aromatic carbocycles. The maximum absolute atomic E-state index is 12.3. The molecule has 96 valence electrons. The minimum atomic E-state index is -0.927. The molecule has 0 amide bonds. The summed E-state index contributed by atoms with van der Waals surface area (Å²) >= 11 is 0. The van der Waals surface area contributed by atoms with Crippen LogP contribution in [0.2, 0.25) is 0 Å². The molecule has 0 fully saturated rings. The highest BCUT2D eigenvalue weighted by Gasteiger charge is 2.12. The van der Waals surface area contributed by atoms with Gasteiger partial charge in [-0.2, -0.15) is 0 Å². The van der Waals surface area contributed by atoms with Gasteiger partial charge in [-0.3, -0.25) is 9.59 Å². The normalized spacial score (nSPS) is 10.1. The highest BCUT2D eigenvalue weighted by Crippen LogP contribution is 2.17. The lowest BCUT2D eigenvalue weighted by atomic mass is 9.99. The molecule has 0 aliphatic heterocycles. The average Bonchev–Trinajstić information content (AvgIpc) is 2.38. The molecule has 0 atom stereocenters. The molecule has 0 saturated heterocycles. The standard InChI is InChI=1S/C15H13NO3/c16-13-7-2-1-6-12(13)15(19)11-5-3-4-10(8-11)9-14(17)18/h1-8H,9,16H2,(H,17,18). The molecular weight excluding hydrogens is 242 g/mol. The highest BCUT2D eigenvalue weighted by molar-refractivity contribution is 6.12. The molecule has 0 aliphatic rings. The van der Waals surface area contributed by atoms with Crippen LogP contribution in [-0.4, -0.2) is 16.9 Å². The summed E-state index contributed by atoms with van der Waals surface area (Å²) in [5.41, 5.74) is 7.63. The third kappa shape index (κ3) is 2.98. The van der Waals surface area contributed by atoms with Crippen molar-refractivity contribution in [3.8, 4) is 0 Å². The summed E-state index contributed by atoms with van der Waals surface area (Å²) in [5.74, 6) is -1.13. The SMILES string of the molecule is Nc1ccccc1C(=O)c1cccc(CC(=O)O)c1. The Morgan fingerprint density at radius 1 is 1.05 bits per heavy atom. The number of anilines is 1. The maximum atomic E-state index is 12.3. The van der Waals surface area contributed by atoms with Crippen LogP contribution in [0.25, 0.3) is 0 Å². The summed E-state index contributed by atoms with van der Waals surface area (Å²) in [6.45, 7) is 0. The van der Waals surface area contributed by atoms with E-state index in [1.54, 1.807) is 48.5 Å². The van der Waals surface area contributed by atoms with E-state index in [-0.39, 0.29) is 12.2 Å². The van der Waals surface area contributed by atoms with Gasteiger partial charge in [0.2, 0.25) is 0 Å². The fourth-order valence-corrected chi connectivity index (χ4v) is 1.86. The number of carboxylic acid groups (broad SMARTS) is 1. The van der Waals surface area contributed by atoms with E-state index < -0.39 is 5.97 Å². The summed E-state index contributed by atoms with van der Waals surface area (Å²) in [6.07, 6.45) is -0.106. The van der Waals surface area contributed by atoms with Gasteiger partial charge in [-0.15, -0.1) is 0 Å². The van der Waals surface area contributed by atoms with Gasteiger partial charge in [-0.25, -0.2) is 0 Å². The minimum Gasteiger partial charge on any atom is -0.481 e. The van der Waals surface area contributed by atoms with E-state index >= 15 is 0 Å². The Hall–Kier alpha value is -2.62. The summed E-state index contributed by atoms with van der Waals surface area (Å²) < 4.78 is 0. The number of carbonyl (C=O) groups is 2. The lowest BCUT2D eigenvalue weighted by Crippen LogP contribution is -2.06. The number of benzene rings is 2. The van der Waals surface area contributed by atoms with Gasteiger partial charge in [-0.05, 0) is 23.8 Å². The zero-order chi connectivity index (χ0) is 13.8. The van der Waals surface area contributed by atoms with Crippen LogP contribution in [0.15, 0.2) is 48.5 Å². The van der Waals surface area contributed by atoms with Gasteiger partial charge in [0, 0.05) is 16.8 Å². The number of ketones is 1. The quantitative estimate of drug-likeness (QED) is 0.647. The first-order chi connectivity index (χ1) is 9.08. The number of carbonyl (C=O) groups excluding carboxylic acids is 1. The van der Waals surface area contributed by atoms with Gasteiger partial charge in [0.1, 0.15) is 0 Å². The molecule has 0 aliphatic carbocycles. The average molecular weight is 255 g/mol. The maximum Gasteiger partial charge on any atom is 0.307 e. The molecule has 0 radical (unpaired) electrons. The molecule has 3 N–H and O–H groups in total. The number of aliphatic carboxylic acids is 1. The van der Waals surface area contributed by atoms with Gasteiger partial charge in [0.25, 0.3) is 0 Å². The van der Waals surface area contributed by atoms with E-state index in [9.17, 15) is 9.59 Å². The number of nitrogens with two attached hydrogens (primary N) is 1. The van der Waals surface area contributed by atoms with Crippen molar-refractivity contribution >= 4 is 17.4 Å². The first-order valence-corrected chi connectivity index (χ1v) is 5.78. The first-order valence-electron chi connectivity index (χ1n) is 5.78. The second-order valence-electron chi connectivity index (χ2n) is 4.19. The predicted molar refractivity (Wildman–Crippen MR) is 72.1 cm³/mol. The Morgan fingerprint density at radius 3 is 2.47 bits per heavy atom. The van der Waals surface area contributed by atoms with Gasteiger partial charge < -0.3 is 10.8 Å². The van der Waals surface area contributed by atoms with Crippen LogP contribution in [0, 0.1) is 0 Å². The van der Waals surface area contributed by atoms with Crippen molar-refractivity contribution in [2.45, 2.75) is 6.42 Å². The van der Waals surface area contributed by atoms with Crippen LogP contribution < -0.4 is 5.73 Å². The number of hydrogen-bond donors (Lipinski definition) is 2. The lowest BCUT2D eigenvalue weighted by molar-refractivity contribution is -0.136. The van der Waals surface area contributed by atoms with E-state index in [0.717, 1.165) is 0 Å². The van der Waals surface area contributed by atoms with Crippen LogP contribution in [-0.2, 0) is 11.2 Å². The third-order valence-corrected chi connectivity index (χ3v) is 2.75. The van der Waals surface area contributed by atoms with Crippen molar-refractivity contribution < 1.29 is 14.7 Å². The topological polar surface area (TPSA) is 80.4 Å². The summed E-state index contributed by atoms with van der Waals surface area (Å²) in [7, 11) is 0. The molecule has 0 saturated carbocycles. The predicted octanol–water partition coefficient (Wildman–Crippen LogP) is 2.13. The van der Waals surface area contributed by atoms with E-state index in [4.69, 9.17) is 10.8 Å². The Labute approximate surface area is 110 Å². The third-order valence-electron chi connectivity index (χ3n) is 2.75. The molecule has 4 nitrogen and oxygen atoms in total. The van der Waals surface area contributed by atoms with Crippen molar-refractivity contribution in [1.82, 2.24) is 0 Å². The van der Waals surface area contributed by atoms with E-state index in [0.29, 0.717) is 22.4 Å². The van der Waals surface area contributed by atoms with Gasteiger partial charge >= 0.3 is 5.97 Å². The van der Waals surface area contributed by atoms with Crippen LogP contribution in [0.3, 0.4) is 0 Å². The summed E-state index contributed by atoms with van der Waals surface area (Å²) in [4.78, 5) is 22.9. The highest BCUT2D eigenvalue weighted by atomic mass is 16.4. The number of nitrogen functional groups attached to an aromatic ring is 1. The first kappa shape index (κ1) is 12.8. The zero-order valence-corrected chi connectivity index (χ0v) is 10.2. The summed E-state index contributed by atoms with van der Waals surface area (Å²) in [5, 5.41) is 8.75. The fraction of sp³-hybridized carbons (Fsp3) is 0.0667. The second-order valence-corrected chi connectivity index (χ2v) is 4.19. The Kier molecular flexibility index (Phi) is 3.61. The molecular formula is C15H13NO3. The molecule has 0 heterocycles. The Balaban J connectivity index is 2.34. The van der Waals surface area contributed by atoms with E-state index in [1.807, 2.05) is 0 Å². The molecule has 2 rings (SSSR count). The molecule has 19 heavy (non-hydrogen) atoms. The zero-order valence-electron chi connectivity index (χ0n) is 10.2. The summed E-state index contributed by atoms with van der Waals surface area (Å²) in [6, 6.07) is 13.4. The fourth-order valence-electron chi connectivity index (χ4n) is 1.86. The van der Waals surface area contributed by atoms with Crippen molar-refractivity contribution in [3.63, 3.8) is 0 Å². The molecule has 2 aromatic rings. The molecule has 0 spiro atoms. The number of hydrogen-bond acceptors (Lipinski definition) is 3. The molecule has 0 bridgehead atoms. The van der Waals surface area contributed by atoms with Gasteiger partial charge in [0.05, 0.1) is 6.42 Å². The minimum absolute atomic E-state index is 0.106. The molecule has 4 heteroatoms. The van der Waals surface area contributed by atoms with Crippen LogP contribution in [0.1, 0.15) is 21.5 Å². The Morgan fingerprint density at radius 2 is 1.79 bits per heavy atom. The van der Waals surface area contributed by atoms with Crippen molar-refractivity contribution in [3.05, 3.63) is 65.2 Å². The number of rotatable bonds is 4. The smallest absolute Gasteiger partial charge is 0.307 e. The lowest BCUT2D eigenvalue weighted by Gasteiger charge is -2.06. The van der Waals surface area contributed by atoms with Crippen LogP contribution in [0.5, 0.6) is 0 Å². The van der Waals surface area contributed by atoms with E-state index in [2.05, 4.69) is 0 Å². The number of para-hydroxylation sites is 1. The van der Waals surface area contributed by atoms with Gasteiger partial charge in [0.15, 0.2) is 5.78 Å². The largest absolute Gasteiger partial charge is 0.481 e. The van der Waals surface area contributed by atoms with E-state index in [1.165, 1.54) is 0 Å². The Bertz CT molecular complexity index is 635. The van der Waals surface area contributed by atoms with Crippen molar-refractivity contribution in [2.75, 3.05) is 5.73 Å².